The SMILES string of the molecule is CCCCNc1nccc(C(=O)NC2CCCCCC2)n1. The van der Waals surface area contributed by atoms with E-state index in [-0.39, 0.29) is 5.91 Å². The van der Waals surface area contributed by atoms with E-state index in [1.807, 2.05) is 0 Å². The van der Waals surface area contributed by atoms with Crippen LogP contribution in [0.4, 0.5) is 5.95 Å². The van der Waals surface area contributed by atoms with E-state index < -0.39 is 0 Å². The lowest BCUT2D eigenvalue weighted by Crippen LogP contribution is -2.35. The standard InChI is InChI=1S/C16H26N4O/c1-2-3-11-17-16-18-12-10-14(20-16)15(21)19-13-8-6-4-5-7-9-13/h10,12-13H,2-9,11H2,1H3,(H,19,21)(H,17,18,20). The molecular weight excluding hydrogens is 264 g/mol. The molecule has 1 aromatic heterocycles. The largest absolute Gasteiger partial charge is 0.354 e. The van der Waals surface area contributed by atoms with Crippen molar-refractivity contribution in [3.63, 3.8) is 0 Å². The molecule has 1 aliphatic carbocycles. The van der Waals surface area contributed by atoms with Crippen molar-refractivity contribution in [2.75, 3.05) is 11.9 Å². The fourth-order valence-corrected chi connectivity index (χ4v) is 2.63. The number of anilines is 1. The number of amides is 1. The van der Waals surface area contributed by atoms with Crippen LogP contribution in [0.5, 0.6) is 0 Å². The van der Waals surface area contributed by atoms with Gasteiger partial charge in [-0.3, -0.25) is 4.79 Å². The van der Waals surface area contributed by atoms with Gasteiger partial charge in [-0.05, 0) is 25.3 Å². The van der Waals surface area contributed by atoms with Gasteiger partial charge in [0.1, 0.15) is 5.69 Å². The van der Waals surface area contributed by atoms with Crippen molar-refractivity contribution < 1.29 is 4.79 Å². The fraction of sp³-hybridized carbons (Fsp3) is 0.688. The lowest BCUT2D eigenvalue weighted by Gasteiger charge is -2.16. The molecule has 1 saturated carbocycles. The molecule has 1 heterocycles. The summed E-state index contributed by atoms with van der Waals surface area (Å²) in [6.45, 7) is 2.98. The monoisotopic (exact) mass is 290 g/mol. The summed E-state index contributed by atoms with van der Waals surface area (Å²) in [7, 11) is 0. The summed E-state index contributed by atoms with van der Waals surface area (Å²) >= 11 is 0. The Bertz CT molecular complexity index is 442. The minimum Gasteiger partial charge on any atom is -0.354 e. The van der Waals surface area contributed by atoms with Crippen molar-refractivity contribution in [1.29, 1.82) is 0 Å². The van der Waals surface area contributed by atoms with Crippen LogP contribution in [0.3, 0.4) is 0 Å². The third kappa shape index (κ3) is 5.33. The highest BCUT2D eigenvalue weighted by Crippen LogP contribution is 2.17. The van der Waals surface area contributed by atoms with Crippen LogP contribution < -0.4 is 10.6 Å². The second kappa shape index (κ2) is 8.60. The first kappa shape index (κ1) is 15.7. The number of hydrogen-bond donors (Lipinski definition) is 2. The Labute approximate surface area is 127 Å². The van der Waals surface area contributed by atoms with E-state index in [9.17, 15) is 4.79 Å². The van der Waals surface area contributed by atoms with E-state index in [1.54, 1.807) is 12.3 Å². The predicted molar refractivity (Wildman–Crippen MR) is 84.4 cm³/mol. The molecule has 0 unspecified atom stereocenters. The van der Waals surface area contributed by atoms with Gasteiger partial charge in [-0.15, -0.1) is 0 Å². The van der Waals surface area contributed by atoms with E-state index in [2.05, 4.69) is 27.5 Å². The average molecular weight is 290 g/mol. The van der Waals surface area contributed by atoms with Crippen molar-refractivity contribution in [3.05, 3.63) is 18.0 Å². The summed E-state index contributed by atoms with van der Waals surface area (Å²) in [5.41, 5.74) is 0.452. The smallest absolute Gasteiger partial charge is 0.270 e. The van der Waals surface area contributed by atoms with E-state index in [0.717, 1.165) is 32.2 Å². The maximum Gasteiger partial charge on any atom is 0.270 e. The van der Waals surface area contributed by atoms with Gasteiger partial charge in [0.05, 0.1) is 0 Å². The first-order valence-corrected chi connectivity index (χ1v) is 8.17. The molecule has 0 radical (unpaired) electrons. The fourth-order valence-electron chi connectivity index (χ4n) is 2.63. The van der Waals surface area contributed by atoms with Crippen LogP contribution >= 0.6 is 0 Å². The molecule has 5 heteroatoms. The number of carbonyl (C=O) groups is 1. The van der Waals surface area contributed by atoms with Gasteiger partial charge in [0.15, 0.2) is 0 Å². The summed E-state index contributed by atoms with van der Waals surface area (Å²) < 4.78 is 0. The molecule has 0 spiro atoms. The molecule has 0 aromatic carbocycles. The van der Waals surface area contributed by atoms with E-state index in [1.165, 1.54) is 25.7 Å². The molecule has 0 bridgehead atoms. The number of aromatic nitrogens is 2. The number of rotatable bonds is 6. The topological polar surface area (TPSA) is 66.9 Å². The number of hydrogen-bond acceptors (Lipinski definition) is 4. The van der Waals surface area contributed by atoms with E-state index in [0.29, 0.717) is 17.7 Å². The van der Waals surface area contributed by atoms with Crippen molar-refractivity contribution in [2.45, 2.75) is 64.3 Å². The Morgan fingerprint density at radius 3 is 2.76 bits per heavy atom. The zero-order valence-corrected chi connectivity index (χ0v) is 12.9. The lowest BCUT2D eigenvalue weighted by molar-refractivity contribution is 0.0928. The van der Waals surface area contributed by atoms with Crippen molar-refractivity contribution in [1.82, 2.24) is 15.3 Å². The second-order valence-electron chi connectivity index (χ2n) is 5.71. The Morgan fingerprint density at radius 1 is 1.29 bits per heavy atom. The zero-order chi connectivity index (χ0) is 14.9. The van der Waals surface area contributed by atoms with Crippen LogP contribution in [0.15, 0.2) is 12.3 Å². The van der Waals surface area contributed by atoms with Crippen LogP contribution in [0.25, 0.3) is 0 Å². The highest BCUT2D eigenvalue weighted by atomic mass is 16.1. The number of nitrogens with zero attached hydrogens (tertiary/aromatic N) is 2. The third-order valence-corrected chi connectivity index (χ3v) is 3.89. The van der Waals surface area contributed by atoms with Crippen molar-refractivity contribution >= 4 is 11.9 Å². The van der Waals surface area contributed by atoms with Gasteiger partial charge in [0, 0.05) is 18.8 Å². The van der Waals surface area contributed by atoms with Gasteiger partial charge in [-0.2, -0.15) is 0 Å². The maximum absolute atomic E-state index is 12.3. The van der Waals surface area contributed by atoms with Gasteiger partial charge in [0.2, 0.25) is 5.95 Å². The van der Waals surface area contributed by atoms with E-state index in [4.69, 9.17) is 0 Å². The molecule has 0 atom stereocenters. The Hall–Kier alpha value is -1.65. The average Bonchev–Trinajstić information content (AvgIpc) is 2.76. The molecule has 2 N–H and O–H groups in total. The molecule has 21 heavy (non-hydrogen) atoms. The normalized spacial score (nSPS) is 16.2. The molecule has 1 amide bonds. The Morgan fingerprint density at radius 2 is 2.05 bits per heavy atom. The second-order valence-corrected chi connectivity index (χ2v) is 5.71. The highest BCUT2D eigenvalue weighted by molar-refractivity contribution is 5.92. The molecule has 1 fully saturated rings. The van der Waals surface area contributed by atoms with Gasteiger partial charge < -0.3 is 10.6 Å². The number of carbonyl (C=O) groups excluding carboxylic acids is 1. The summed E-state index contributed by atoms with van der Waals surface area (Å²) in [5.74, 6) is 0.458. The Kier molecular flexibility index (Phi) is 6.44. The van der Waals surface area contributed by atoms with Crippen LogP contribution in [-0.4, -0.2) is 28.5 Å². The van der Waals surface area contributed by atoms with Crippen LogP contribution in [0.2, 0.25) is 0 Å². The molecule has 0 saturated heterocycles. The minimum atomic E-state index is -0.0807. The summed E-state index contributed by atoms with van der Waals surface area (Å²) in [4.78, 5) is 20.7. The number of nitrogens with one attached hydrogen (secondary N) is 2. The van der Waals surface area contributed by atoms with Crippen LogP contribution in [0.1, 0.15) is 68.8 Å². The van der Waals surface area contributed by atoms with Gasteiger partial charge >= 0.3 is 0 Å². The summed E-state index contributed by atoms with van der Waals surface area (Å²) in [5, 5.41) is 6.26. The van der Waals surface area contributed by atoms with Crippen LogP contribution in [0, 0.1) is 0 Å². The van der Waals surface area contributed by atoms with Gasteiger partial charge in [-0.25, -0.2) is 9.97 Å². The molecular formula is C16H26N4O. The Balaban J connectivity index is 1.90. The summed E-state index contributed by atoms with van der Waals surface area (Å²) in [6, 6.07) is 1.98. The van der Waals surface area contributed by atoms with Crippen molar-refractivity contribution in [2.24, 2.45) is 0 Å². The molecule has 1 aliphatic rings. The van der Waals surface area contributed by atoms with Crippen LogP contribution in [-0.2, 0) is 0 Å². The molecule has 2 rings (SSSR count). The molecule has 1 aromatic rings. The van der Waals surface area contributed by atoms with Gasteiger partial charge in [0.25, 0.3) is 5.91 Å². The first-order valence-electron chi connectivity index (χ1n) is 8.17. The van der Waals surface area contributed by atoms with E-state index >= 15 is 0 Å². The quantitative estimate of drug-likeness (QED) is 0.624. The van der Waals surface area contributed by atoms with Gasteiger partial charge in [-0.1, -0.05) is 39.0 Å². The molecule has 5 nitrogen and oxygen atoms in total. The first-order chi connectivity index (χ1) is 10.3. The predicted octanol–water partition coefficient (Wildman–Crippen LogP) is 3.14. The highest BCUT2D eigenvalue weighted by Gasteiger charge is 2.16. The minimum absolute atomic E-state index is 0.0807. The lowest BCUT2D eigenvalue weighted by atomic mass is 10.1. The number of unbranched alkanes of at least 4 members (excludes halogenated alkanes) is 1. The van der Waals surface area contributed by atoms with Crippen molar-refractivity contribution in [3.8, 4) is 0 Å². The third-order valence-electron chi connectivity index (χ3n) is 3.89. The molecule has 0 aliphatic heterocycles. The summed E-state index contributed by atoms with van der Waals surface area (Å²) in [6.07, 6.45) is 11.0. The molecule has 116 valence electrons. The zero-order valence-electron chi connectivity index (χ0n) is 12.9. The maximum atomic E-state index is 12.3.